The molecule has 0 aliphatic heterocycles. The lowest BCUT2D eigenvalue weighted by atomic mass is 10.1. The maximum Gasteiger partial charge on any atom is 0.227 e. The second-order valence-electron chi connectivity index (χ2n) is 4.90. The standard InChI is InChI=1S/C8H11NO.C6H6ClN.C3Cl3N3/c9-6-5-7-1-3-8(10)4-2-7;7-5-1-3-6(8)4-2-5;4-1-7-2(5)9-3(6)8-1/h1-4,10H,5-6,9H2;1-4H,8H2;. The van der Waals surface area contributed by atoms with E-state index in [2.05, 4.69) is 15.0 Å². The molecule has 1 aromatic heterocycles. The van der Waals surface area contributed by atoms with Gasteiger partial charge in [0.2, 0.25) is 15.9 Å². The summed E-state index contributed by atoms with van der Waals surface area (Å²) in [6.45, 7) is 0.658. The molecule has 27 heavy (non-hydrogen) atoms. The van der Waals surface area contributed by atoms with Crippen molar-refractivity contribution in [2.24, 2.45) is 5.73 Å². The predicted molar refractivity (Wildman–Crippen MR) is 112 cm³/mol. The van der Waals surface area contributed by atoms with E-state index in [1.165, 1.54) is 5.56 Å². The van der Waals surface area contributed by atoms with E-state index in [-0.39, 0.29) is 15.9 Å². The summed E-state index contributed by atoms with van der Waals surface area (Å²) < 4.78 is 0. The van der Waals surface area contributed by atoms with Crippen molar-refractivity contribution in [3.8, 4) is 5.75 Å². The Morgan fingerprint density at radius 1 is 0.741 bits per heavy atom. The normalized spacial score (nSPS) is 9.52. The van der Waals surface area contributed by atoms with Crippen molar-refractivity contribution in [2.45, 2.75) is 6.42 Å². The molecule has 3 rings (SSSR count). The smallest absolute Gasteiger partial charge is 0.227 e. The number of nitrogen functional groups attached to an aromatic ring is 1. The minimum absolute atomic E-state index is 0.000000000000000444. The maximum atomic E-state index is 8.89. The van der Waals surface area contributed by atoms with Gasteiger partial charge in [0.05, 0.1) is 0 Å². The van der Waals surface area contributed by atoms with Crippen molar-refractivity contribution in [1.82, 2.24) is 15.0 Å². The number of hydrogen-bond donors (Lipinski definition) is 3. The summed E-state index contributed by atoms with van der Waals surface area (Å²) in [5.74, 6) is 0.306. The molecule has 0 saturated carbocycles. The fourth-order valence-electron chi connectivity index (χ4n) is 1.60. The lowest BCUT2D eigenvalue weighted by Gasteiger charge is -1.96. The number of hydrogen-bond acceptors (Lipinski definition) is 6. The largest absolute Gasteiger partial charge is 0.508 e. The van der Waals surface area contributed by atoms with Crippen LogP contribution in [0.3, 0.4) is 0 Å². The topological polar surface area (TPSA) is 111 Å². The van der Waals surface area contributed by atoms with Crippen LogP contribution < -0.4 is 11.5 Å². The molecule has 0 fully saturated rings. The number of phenolic OH excluding ortho intramolecular Hbond substituents is 1. The number of nitrogens with zero attached hydrogens (tertiary/aromatic N) is 3. The van der Waals surface area contributed by atoms with Crippen LogP contribution in [0.1, 0.15) is 5.56 Å². The first kappa shape index (κ1) is 23.2. The fourth-order valence-corrected chi connectivity index (χ4v) is 2.33. The van der Waals surface area contributed by atoms with Crippen molar-refractivity contribution in [2.75, 3.05) is 12.3 Å². The van der Waals surface area contributed by atoms with Gasteiger partial charge in [0, 0.05) is 10.7 Å². The zero-order valence-electron chi connectivity index (χ0n) is 14.0. The molecule has 0 spiro atoms. The number of phenols is 1. The van der Waals surface area contributed by atoms with Gasteiger partial charge in [-0.15, -0.1) is 0 Å². The van der Waals surface area contributed by atoms with E-state index in [1.54, 1.807) is 36.4 Å². The summed E-state index contributed by atoms with van der Waals surface area (Å²) in [4.78, 5) is 10.4. The Hall–Kier alpha value is -1.83. The Kier molecular flexibility index (Phi) is 10.8. The Labute approximate surface area is 177 Å². The monoisotopic (exact) mass is 447 g/mol. The van der Waals surface area contributed by atoms with Crippen molar-refractivity contribution in [3.63, 3.8) is 0 Å². The van der Waals surface area contributed by atoms with Crippen LogP contribution in [0, 0.1) is 0 Å². The molecule has 10 heteroatoms. The average Bonchev–Trinajstić information content (AvgIpc) is 2.60. The third-order valence-electron chi connectivity index (χ3n) is 2.79. The quantitative estimate of drug-likeness (QED) is 0.492. The van der Waals surface area contributed by atoms with Crippen LogP contribution in [0.15, 0.2) is 48.5 Å². The van der Waals surface area contributed by atoms with E-state index in [9.17, 15) is 0 Å². The van der Waals surface area contributed by atoms with Crippen LogP contribution in [-0.4, -0.2) is 26.6 Å². The molecule has 0 atom stereocenters. The lowest BCUT2D eigenvalue weighted by Crippen LogP contribution is -2.01. The number of aromatic nitrogens is 3. The first-order valence-electron chi connectivity index (χ1n) is 7.51. The Morgan fingerprint density at radius 3 is 1.56 bits per heavy atom. The molecule has 0 saturated heterocycles. The minimum atomic E-state index is 0.000000000000000444. The third kappa shape index (κ3) is 10.8. The SMILES string of the molecule is Clc1nc(Cl)nc(Cl)n1.NCCc1ccc(O)cc1.Nc1ccc(Cl)cc1. The lowest BCUT2D eigenvalue weighted by molar-refractivity contribution is 0.475. The highest BCUT2D eigenvalue weighted by atomic mass is 35.5. The molecule has 144 valence electrons. The summed E-state index contributed by atoms with van der Waals surface area (Å²) in [7, 11) is 0. The number of nitrogens with two attached hydrogens (primary N) is 2. The molecule has 0 aliphatic rings. The highest BCUT2D eigenvalue weighted by Gasteiger charge is 1.97. The van der Waals surface area contributed by atoms with Crippen LogP contribution in [0.4, 0.5) is 5.69 Å². The second-order valence-corrected chi connectivity index (χ2v) is 6.35. The van der Waals surface area contributed by atoms with Gasteiger partial charge < -0.3 is 16.6 Å². The Bertz CT molecular complexity index is 745. The predicted octanol–water partition coefficient (Wildman–Crippen LogP) is 4.65. The molecule has 0 amide bonds. The summed E-state index contributed by atoms with van der Waals surface area (Å²) in [5.41, 5.74) is 12.6. The third-order valence-corrected chi connectivity index (χ3v) is 3.55. The molecule has 1 heterocycles. The van der Waals surface area contributed by atoms with Gasteiger partial charge in [0.1, 0.15) is 5.75 Å². The zero-order chi connectivity index (χ0) is 20.2. The van der Waals surface area contributed by atoms with E-state index in [0.29, 0.717) is 12.3 Å². The van der Waals surface area contributed by atoms with Gasteiger partial charge in [-0.05, 0) is 89.7 Å². The van der Waals surface area contributed by atoms with Crippen molar-refractivity contribution < 1.29 is 5.11 Å². The average molecular weight is 449 g/mol. The number of rotatable bonds is 2. The van der Waals surface area contributed by atoms with E-state index in [1.807, 2.05) is 12.1 Å². The summed E-state index contributed by atoms with van der Waals surface area (Å²) in [5, 5.41) is 9.62. The van der Waals surface area contributed by atoms with Gasteiger partial charge in [-0.3, -0.25) is 0 Å². The summed E-state index contributed by atoms with van der Waals surface area (Å²) in [6.07, 6.45) is 0.875. The van der Waals surface area contributed by atoms with Crippen LogP contribution in [0.2, 0.25) is 20.9 Å². The van der Waals surface area contributed by atoms with Crippen molar-refractivity contribution >= 4 is 52.1 Å². The number of halogens is 4. The highest BCUT2D eigenvalue weighted by Crippen LogP contribution is 2.10. The molecule has 6 nitrogen and oxygen atoms in total. The van der Waals surface area contributed by atoms with Crippen molar-refractivity contribution in [1.29, 1.82) is 0 Å². The Balaban J connectivity index is 0.000000204. The number of benzene rings is 2. The van der Waals surface area contributed by atoms with Gasteiger partial charge in [-0.25, -0.2) is 0 Å². The van der Waals surface area contributed by atoms with E-state index < -0.39 is 0 Å². The number of anilines is 1. The van der Waals surface area contributed by atoms with E-state index in [4.69, 9.17) is 63.0 Å². The molecular weight excluding hydrogens is 432 g/mol. The molecule has 5 N–H and O–H groups in total. The second kappa shape index (κ2) is 12.5. The molecule has 3 aromatic rings. The highest BCUT2D eigenvalue weighted by molar-refractivity contribution is 6.33. The molecule has 0 bridgehead atoms. The van der Waals surface area contributed by atoms with Gasteiger partial charge in [0.25, 0.3) is 0 Å². The van der Waals surface area contributed by atoms with E-state index >= 15 is 0 Å². The molecule has 0 aliphatic carbocycles. The van der Waals surface area contributed by atoms with Gasteiger partial charge in [-0.1, -0.05) is 23.7 Å². The molecule has 2 aromatic carbocycles. The zero-order valence-corrected chi connectivity index (χ0v) is 17.0. The van der Waals surface area contributed by atoms with E-state index in [0.717, 1.165) is 17.1 Å². The molecule has 0 unspecified atom stereocenters. The van der Waals surface area contributed by atoms with Crippen LogP contribution in [-0.2, 0) is 6.42 Å². The van der Waals surface area contributed by atoms with Gasteiger partial charge >= 0.3 is 0 Å². The van der Waals surface area contributed by atoms with Crippen molar-refractivity contribution in [3.05, 3.63) is 75.0 Å². The number of aromatic hydroxyl groups is 1. The summed E-state index contributed by atoms with van der Waals surface area (Å²) >= 11 is 21.5. The molecule has 0 radical (unpaired) electrons. The first-order chi connectivity index (χ1) is 12.8. The Morgan fingerprint density at radius 2 is 1.19 bits per heavy atom. The van der Waals surface area contributed by atoms with Gasteiger partial charge in [0.15, 0.2) is 0 Å². The maximum absolute atomic E-state index is 8.89. The van der Waals surface area contributed by atoms with Gasteiger partial charge in [-0.2, -0.15) is 15.0 Å². The summed E-state index contributed by atoms with van der Waals surface area (Å²) in [6, 6.07) is 14.2. The first-order valence-corrected chi connectivity index (χ1v) is 9.03. The van der Waals surface area contributed by atoms with Crippen LogP contribution >= 0.6 is 46.4 Å². The minimum Gasteiger partial charge on any atom is -0.508 e. The fraction of sp³-hybridized carbons (Fsp3) is 0.118. The van der Waals surface area contributed by atoms with Crippen LogP contribution in [0.5, 0.6) is 5.75 Å². The van der Waals surface area contributed by atoms with Crippen LogP contribution in [0.25, 0.3) is 0 Å². The molecular formula is C17H17Cl4N5O.